The van der Waals surface area contributed by atoms with E-state index in [1.54, 1.807) is 13.0 Å². The quantitative estimate of drug-likeness (QED) is 0.680. The fourth-order valence-electron chi connectivity index (χ4n) is 3.34. The molecule has 0 unspecified atom stereocenters. The molecule has 0 saturated heterocycles. The van der Waals surface area contributed by atoms with Crippen LogP contribution in [-0.4, -0.2) is 32.2 Å². The molecule has 10 heteroatoms. The number of alkyl halides is 3. The van der Waals surface area contributed by atoms with Crippen molar-refractivity contribution in [1.29, 1.82) is 0 Å². The normalized spacial score (nSPS) is 13.9. The fraction of sp³-hybridized carbons (Fsp3) is 0.263. The number of pyridine rings is 1. The summed E-state index contributed by atoms with van der Waals surface area (Å²) in [5, 5.41) is 7.09. The molecule has 3 heterocycles. The Bertz CT molecular complexity index is 1110. The van der Waals surface area contributed by atoms with Crippen LogP contribution >= 0.6 is 0 Å². The van der Waals surface area contributed by atoms with Gasteiger partial charge in [0.15, 0.2) is 11.6 Å². The van der Waals surface area contributed by atoms with Gasteiger partial charge in [-0.1, -0.05) is 0 Å². The number of fused-ring (bicyclic) bond motifs is 1. The van der Waals surface area contributed by atoms with Crippen LogP contribution in [0.1, 0.15) is 38.7 Å². The largest absolute Gasteiger partial charge is 0.416 e. The standard InChI is InChI=1S/C19H15F4N5O/c1-10-26-16(8-11-6-12(19(21,22)23)9-13(20)7-11)27-28(10)17-14-2-5-25-18(29)15(14)3-4-24-17/h3-4,6-7,9H,2,5,8H2,1H3,(H,25,29). The summed E-state index contributed by atoms with van der Waals surface area (Å²) in [6.45, 7) is 2.14. The third-order valence-corrected chi connectivity index (χ3v) is 4.60. The van der Waals surface area contributed by atoms with E-state index in [-0.39, 0.29) is 23.7 Å². The molecular formula is C19H15F4N5O. The lowest BCUT2D eigenvalue weighted by atomic mass is 10.0. The number of aryl methyl sites for hydroxylation is 1. The molecule has 0 saturated carbocycles. The van der Waals surface area contributed by atoms with Crippen LogP contribution in [0.5, 0.6) is 0 Å². The predicted molar refractivity (Wildman–Crippen MR) is 94.1 cm³/mol. The summed E-state index contributed by atoms with van der Waals surface area (Å²) >= 11 is 0. The molecule has 1 N–H and O–H groups in total. The molecule has 0 aliphatic carbocycles. The molecule has 1 aromatic carbocycles. The van der Waals surface area contributed by atoms with Gasteiger partial charge in [0.1, 0.15) is 11.6 Å². The lowest BCUT2D eigenvalue weighted by Gasteiger charge is -2.18. The van der Waals surface area contributed by atoms with Crippen molar-refractivity contribution in [1.82, 2.24) is 25.1 Å². The molecule has 6 nitrogen and oxygen atoms in total. The Kier molecular flexibility index (Phi) is 4.56. The number of benzene rings is 1. The molecular weight excluding hydrogens is 390 g/mol. The van der Waals surface area contributed by atoms with Gasteiger partial charge in [-0.15, -0.1) is 5.10 Å². The van der Waals surface area contributed by atoms with Gasteiger partial charge >= 0.3 is 6.18 Å². The average Bonchev–Trinajstić information content (AvgIpc) is 3.00. The van der Waals surface area contributed by atoms with Crippen molar-refractivity contribution in [3.05, 3.63) is 70.2 Å². The topological polar surface area (TPSA) is 72.7 Å². The van der Waals surface area contributed by atoms with Gasteiger partial charge in [0.25, 0.3) is 5.91 Å². The van der Waals surface area contributed by atoms with Gasteiger partial charge in [0, 0.05) is 30.3 Å². The Morgan fingerprint density at radius 3 is 2.79 bits per heavy atom. The number of nitrogens with zero attached hydrogens (tertiary/aromatic N) is 4. The minimum atomic E-state index is -4.65. The van der Waals surface area contributed by atoms with Crippen LogP contribution in [0.25, 0.3) is 5.82 Å². The lowest BCUT2D eigenvalue weighted by Crippen LogP contribution is -2.33. The summed E-state index contributed by atoms with van der Waals surface area (Å²) in [4.78, 5) is 20.6. The smallest absolute Gasteiger partial charge is 0.352 e. The Hall–Kier alpha value is -3.30. The summed E-state index contributed by atoms with van der Waals surface area (Å²) < 4.78 is 53.9. The number of nitrogens with one attached hydrogen (secondary N) is 1. The van der Waals surface area contributed by atoms with E-state index >= 15 is 0 Å². The molecule has 1 aliphatic rings. The maximum Gasteiger partial charge on any atom is 0.416 e. The Morgan fingerprint density at radius 2 is 2.03 bits per heavy atom. The monoisotopic (exact) mass is 405 g/mol. The zero-order valence-electron chi connectivity index (χ0n) is 15.2. The number of rotatable bonds is 3. The Balaban J connectivity index is 1.70. The van der Waals surface area contributed by atoms with Crippen LogP contribution in [0.15, 0.2) is 30.5 Å². The van der Waals surface area contributed by atoms with Crippen molar-refractivity contribution in [3.63, 3.8) is 0 Å². The van der Waals surface area contributed by atoms with Gasteiger partial charge in [-0.2, -0.15) is 17.9 Å². The number of aromatic nitrogens is 4. The number of carbonyl (C=O) groups is 1. The van der Waals surface area contributed by atoms with Crippen molar-refractivity contribution in [2.24, 2.45) is 0 Å². The zero-order chi connectivity index (χ0) is 20.8. The van der Waals surface area contributed by atoms with E-state index in [2.05, 4.69) is 20.4 Å². The number of halogens is 4. The fourth-order valence-corrected chi connectivity index (χ4v) is 3.34. The van der Waals surface area contributed by atoms with Crippen LogP contribution in [0.4, 0.5) is 17.6 Å². The van der Waals surface area contributed by atoms with Crippen molar-refractivity contribution >= 4 is 5.91 Å². The second-order valence-corrected chi connectivity index (χ2v) is 6.68. The minimum absolute atomic E-state index is 0.0792. The van der Waals surface area contributed by atoms with Crippen LogP contribution in [0, 0.1) is 12.7 Å². The van der Waals surface area contributed by atoms with Crippen molar-refractivity contribution in [3.8, 4) is 5.82 Å². The first-order valence-electron chi connectivity index (χ1n) is 8.78. The maximum absolute atomic E-state index is 13.6. The van der Waals surface area contributed by atoms with Crippen molar-refractivity contribution in [2.75, 3.05) is 6.54 Å². The molecule has 150 valence electrons. The highest BCUT2D eigenvalue weighted by Gasteiger charge is 2.31. The highest BCUT2D eigenvalue weighted by molar-refractivity contribution is 5.97. The highest BCUT2D eigenvalue weighted by atomic mass is 19.4. The number of amides is 1. The van der Waals surface area contributed by atoms with Gasteiger partial charge in [-0.3, -0.25) is 4.79 Å². The highest BCUT2D eigenvalue weighted by Crippen LogP contribution is 2.31. The van der Waals surface area contributed by atoms with E-state index in [4.69, 9.17) is 0 Å². The molecule has 2 aromatic heterocycles. The Labute approximate surface area is 162 Å². The van der Waals surface area contributed by atoms with Crippen molar-refractivity contribution in [2.45, 2.75) is 25.9 Å². The van der Waals surface area contributed by atoms with E-state index in [1.165, 1.54) is 10.9 Å². The molecule has 1 aliphatic heterocycles. The summed E-state index contributed by atoms with van der Waals surface area (Å²) in [6.07, 6.45) is -2.67. The lowest BCUT2D eigenvalue weighted by molar-refractivity contribution is -0.137. The van der Waals surface area contributed by atoms with E-state index in [9.17, 15) is 22.4 Å². The number of carbonyl (C=O) groups excluding carboxylic acids is 1. The minimum Gasteiger partial charge on any atom is -0.352 e. The maximum atomic E-state index is 13.6. The Morgan fingerprint density at radius 1 is 1.24 bits per heavy atom. The van der Waals surface area contributed by atoms with E-state index in [0.717, 1.165) is 17.7 Å². The van der Waals surface area contributed by atoms with E-state index in [0.29, 0.717) is 36.2 Å². The van der Waals surface area contributed by atoms with Crippen LogP contribution < -0.4 is 5.32 Å². The first-order valence-corrected chi connectivity index (χ1v) is 8.78. The summed E-state index contributed by atoms with van der Waals surface area (Å²) in [5.41, 5.74) is 0.268. The first-order chi connectivity index (χ1) is 13.7. The van der Waals surface area contributed by atoms with Gasteiger partial charge in [-0.05, 0) is 43.2 Å². The third-order valence-electron chi connectivity index (χ3n) is 4.60. The number of hydrogen-bond acceptors (Lipinski definition) is 4. The third kappa shape index (κ3) is 3.69. The molecule has 0 bridgehead atoms. The molecule has 0 spiro atoms. The second kappa shape index (κ2) is 6.94. The molecule has 3 aromatic rings. The van der Waals surface area contributed by atoms with Crippen LogP contribution in [-0.2, 0) is 19.0 Å². The summed E-state index contributed by atoms with van der Waals surface area (Å²) in [6, 6.07) is 3.97. The van der Waals surface area contributed by atoms with Crippen LogP contribution in [0.2, 0.25) is 0 Å². The van der Waals surface area contributed by atoms with Crippen molar-refractivity contribution < 1.29 is 22.4 Å². The second-order valence-electron chi connectivity index (χ2n) is 6.68. The van der Waals surface area contributed by atoms with Gasteiger partial charge < -0.3 is 5.32 Å². The zero-order valence-corrected chi connectivity index (χ0v) is 15.2. The van der Waals surface area contributed by atoms with Gasteiger partial charge in [0.2, 0.25) is 0 Å². The van der Waals surface area contributed by atoms with Gasteiger partial charge in [0.05, 0.1) is 5.56 Å². The molecule has 29 heavy (non-hydrogen) atoms. The average molecular weight is 405 g/mol. The predicted octanol–water partition coefficient (Wildman–Crippen LogP) is 3.01. The van der Waals surface area contributed by atoms with E-state index in [1.807, 2.05) is 0 Å². The molecule has 0 atom stereocenters. The number of hydrogen-bond donors (Lipinski definition) is 1. The SMILES string of the molecule is Cc1nc(Cc2cc(F)cc(C(F)(F)F)c2)nn1-c1nccc2c1CCNC2=O. The summed E-state index contributed by atoms with van der Waals surface area (Å²) in [5.74, 6) is -0.0489. The molecule has 0 radical (unpaired) electrons. The summed E-state index contributed by atoms with van der Waals surface area (Å²) in [7, 11) is 0. The van der Waals surface area contributed by atoms with Gasteiger partial charge in [-0.25, -0.2) is 14.4 Å². The first kappa shape index (κ1) is 19.0. The molecule has 4 rings (SSSR count). The molecule has 1 amide bonds. The van der Waals surface area contributed by atoms with Crippen LogP contribution in [0.3, 0.4) is 0 Å². The van der Waals surface area contributed by atoms with E-state index < -0.39 is 17.6 Å². The molecule has 0 fully saturated rings.